The van der Waals surface area contributed by atoms with Gasteiger partial charge in [0.2, 0.25) is 23.6 Å². The molecule has 1 aromatic carbocycles. The number of carbonyl (C=O) groups is 5. The number of thiocarbonyl (C=S) groups is 2. The molecule has 39 heavy (non-hydrogen) atoms. The van der Waals surface area contributed by atoms with Gasteiger partial charge in [-0.15, -0.1) is 0 Å². The summed E-state index contributed by atoms with van der Waals surface area (Å²) < 4.78 is 0.147. The Hall–Kier alpha value is -2.62. The number of fused-ring (bicyclic) bond motifs is 1. The maximum Gasteiger partial charge on any atom is 0.249 e. The van der Waals surface area contributed by atoms with Crippen LogP contribution in [-0.4, -0.2) is 114 Å². The van der Waals surface area contributed by atoms with Crippen LogP contribution in [0, 0.1) is 5.92 Å². The molecule has 0 bridgehead atoms. The van der Waals surface area contributed by atoms with Crippen LogP contribution >= 0.6 is 48.0 Å². The number of benzene rings is 1. The van der Waals surface area contributed by atoms with Gasteiger partial charge in [-0.1, -0.05) is 66.2 Å². The second-order valence-corrected chi connectivity index (χ2v) is 12.5. The number of pyridine rings is 1. The highest BCUT2D eigenvalue weighted by Gasteiger charge is 2.35. The molecule has 4 rings (SSSR count). The Morgan fingerprint density at radius 3 is 1.79 bits per heavy atom. The van der Waals surface area contributed by atoms with Crippen molar-refractivity contribution >= 4 is 96.9 Å². The molecule has 2 fully saturated rings. The average Bonchev–Trinajstić information content (AvgIpc) is 2.86. The molecule has 0 N–H and O–H groups in total. The number of piperazine rings is 2. The summed E-state index contributed by atoms with van der Waals surface area (Å²) >= 11 is 12.9. The van der Waals surface area contributed by atoms with Crippen LogP contribution in [0.2, 0.25) is 0 Å². The quantitative estimate of drug-likeness (QED) is 0.272. The van der Waals surface area contributed by atoms with E-state index in [1.165, 1.54) is 6.20 Å². The highest BCUT2D eigenvalue weighted by Crippen LogP contribution is 2.26. The molecule has 204 valence electrons. The minimum absolute atomic E-state index is 0.0642. The summed E-state index contributed by atoms with van der Waals surface area (Å²) in [5, 5.41) is 0.802. The molecule has 0 atom stereocenters. The van der Waals surface area contributed by atoms with Gasteiger partial charge in [0.05, 0.1) is 31.7 Å². The molecule has 0 spiro atoms. The number of hydrogen-bond donors (Lipinski definition) is 0. The molecule has 2 aromatic rings. The molecule has 2 aliphatic rings. The van der Waals surface area contributed by atoms with Crippen LogP contribution in [0.25, 0.3) is 10.9 Å². The van der Waals surface area contributed by atoms with Gasteiger partial charge in [0.15, 0.2) is 5.78 Å². The first-order valence-corrected chi connectivity index (χ1v) is 14.6. The Morgan fingerprint density at radius 2 is 1.31 bits per heavy atom. The molecule has 14 heteroatoms. The van der Waals surface area contributed by atoms with Gasteiger partial charge in [0.25, 0.3) is 0 Å². The lowest BCUT2D eigenvalue weighted by Gasteiger charge is -2.31. The van der Waals surface area contributed by atoms with Gasteiger partial charge in [-0.2, -0.15) is 0 Å². The number of ketones is 1. The standard InChI is InChI=1S/C25H25N5O5S4/c1-27-9-19(31)29(20(32)10-27)24(36)38-13-17(14-39-25(37)30-21(33)11-28(2)12-22(30)34)23(35)16-7-15-5-3-4-6-18(15)26-8-16/h3-8,17H,9-14H2,1-2H3. The third-order valence-corrected chi connectivity index (χ3v) is 9.11. The Bertz CT molecular complexity index is 1290. The van der Waals surface area contributed by atoms with Crippen LogP contribution in [0.4, 0.5) is 0 Å². The van der Waals surface area contributed by atoms with E-state index in [-0.39, 0.29) is 52.1 Å². The summed E-state index contributed by atoms with van der Waals surface area (Å²) in [5.41, 5.74) is 1.13. The van der Waals surface area contributed by atoms with Crippen LogP contribution in [0.5, 0.6) is 0 Å². The highest BCUT2D eigenvalue weighted by molar-refractivity contribution is 8.23. The molecule has 2 saturated heterocycles. The molecule has 0 unspecified atom stereocenters. The molecule has 3 heterocycles. The molecule has 0 aliphatic carbocycles. The number of aromatic nitrogens is 1. The van der Waals surface area contributed by atoms with E-state index < -0.39 is 29.5 Å². The van der Waals surface area contributed by atoms with Crippen molar-refractivity contribution in [2.24, 2.45) is 5.92 Å². The molecule has 0 saturated carbocycles. The third kappa shape index (κ3) is 6.94. The zero-order valence-corrected chi connectivity index (χ0v) is 24.5. The second-order valence-electron chi connectivity index (χ2n) is 9.22. The Kier molecular flexibility index (Phi) is 9.56. The number of hydrogen-bond acceptors (Lipinski definition) is 12. The summed E-state index contributed by atoms with van der Waals surface area (Å²) in [5.74, 6) is -2.29. The van der Waals surface area contributed by atoms with Gasteiger partial charge in [-0.25, -0.2) is 9.80 Å². The number of imide groups is 2. The normalized spacial score (nSPS) is 17.4. The van der Waals surface area contributed by atoms with Crippen LogP contribution in [0.3, 0.4) is 0 Å². The van der Waals surface area contributed by atoms with Crippen LogP contribution < -0.4 is 0 Å². The van der Waals surface area contributed by atoms with E-state index in [1.807, 2.05) is 24.3 Å². The predicted molar refractivity (Wildman–Crippen MR) is 158 cm³/mol. The molecule has 2 aliphatic heterocycles. The lowest BCUT2D eigenvalue weighted by atomic mass is 10.0. The predicted octanol–water partition coefficient (Wildman–Crippen LogP) is 1.67. The number of likely N-dealkylation sites (N-methyl/N-ethyl adjacent to an activating group) is 2. The van der Waals surface area contributed by atoms with E-state index in [0.717, 1.165) is 44.2 Å². The minimum atomic E-state index is -0.672. The van der Waals surface area contributed by atoms with Gasteiger partial charge >= 0.3 is 0 Å². The van der Waals surface area contributed by atoms with E-state index >= 15 is 0 Å². The third-order valence-electron chi connectivity index (χ3n) is 6.05. The van der Waals surface area contributed by atoms with Gasteiger partial charge in [0, 0.05) is 34.6 Å². The highest BCUT2D eigenvalue weighted by atomic mass is 32.2. The van der Waals surface area contributed by atoms with Crippen molar-refractivity contribution in [3.05, 3.63) is 42.1 Å². The van der Waals surface area contributed by atoms with Crippen molar-refractivity contribution in [3.8, 4) is 0 Å². The van der Waals surface area contributed by atoms with Crippen molar-refractivity contribution in [2.45, 2.75) is 0 Å². The minimum Gasteiger partial charge on any atom is -0.294 e. The van der Waals surface area contributed by atoms with Crippen molar-refractivity contribution < 1.29 is 24.0 Å². The van der Waals surface area contributed by atoms with Crippen LogP contribution in [0.15, 0.2) is 36.5 Å². The van der Waals surface area contributed by atoms with Gasteiger partial charge in [0.1, 0.15) is 8.64 Å². The summed E-state index contributed by atoms with van der Waals surface area (Å²) in [6, 6.07) is 9.17. The van der Waals surface area contributed by atoms with E-state index in [9.17, 15) is 24.0 Å². The zero-order valence-electron chi connectivity index (χ0n) is 21.2. The van der Waals surface area contributed by atoms with Crippen molar-refractivity contribution in [1.82, 2.24) is 24.6 Å². The molecule has 1 aromatic heterocycles. The lowest BCUT2D eigenvalue weighted by molar-refractivity contribution is -0.146. The van der Waals surface area contributed by atoms with Crippen molar-refractivity contribution in [1.29, 1.82) is 0 Å². The van der Waals surface area contributed by atoms with E-state index in [1.54, 1.807) is 30.0 Å². The zero-order chi connectivity index (χ0) is 28.3. The summed E-state index contributed by atoms with van der Waals surface area (Å²) in [7, 11) is 3.34. The Labute approximate surface area is 244 Å². The molecule has 0 radical (unpaired) electrons. The van der Waals surface area contributed by atoms with Crippen molar-refractivity contribution in [3.63, 3.8) is 0 Å². The number of para-hydroxylation sites is 1. The van der Waals surface area contributed by atoms with E-state index in [2.05, 4.69) is 4.98 Å². The van der Waals surface area contributed by atoms with E-state index in [0.29, 0.717) is 5.56 Å². The first kappa shape index (κ1) is 29.4. The van der Waals surface area contributed by atoms with Crippen LogP contribution in [-0.2, 0) is 19.2 Å². The summed E-state index contributed by atoms with van der Waals surface area (Å²) in [6.45, 7) is 0.257. The molecular weight excluding hydrogens is 579 g/mol. The van der Waals surface area contributed by atoms with Gasteiger partial charge in [-0.05, 0) is 26.2 Å². The SMILES string of the molecule is CN1CC(=O)N(C(=S)SCC(CSC(=S)N2C(=O)CN(C)CC2=O)C(=O)c2cnc3ccccc3c2)C(=O)C1. The summed E-state index contributed by atoms with van der Waals surface area (Å²) in [6.07, 6.45) is 1.50. The maximum atomic E-state index is 13.6. The lowest BCUT2D eigenvalue weighted by Crippen LogP contribution is -2.54. The number of thioether (sulfide) groups is 2. The average molecular weight is 604 g/mol. The number of amides is 4. The van der Waals surface area contributed by atoms with Gasteiger partial charge < -0.3 is 0 Å². The first-order valence-electron chi connectivity index (χ1n) is 11.9. The van der Waals surface area contributed by atoms with Crippen molar-refractivity contribution in [2.75, 3.05) is 51.8 Å². The Balaban J connectivity index is 1.51. The largest absolute Gasteiger partial charge is 0.294 e. The topological polar surface area (TPSA) is 111 Å². The number of Topliss-reactive ketones (excluding diaryl/α,β-unsaturated/α-hetero) is 1. The van der Waals surface area contributed by atoms with Gasteiger partial charge in [-0.3, -0.25) is 38.8 Å². The first-order chi connectivity index (χ1) is 18.5. The number of nitrogens with zero attached hydrogens (tertiary/aromatic N) is 5. The van der Waals surface area contributed by atoms with Crippen LogP contribution in [0.1, 0.15) is 10.4 Å². The summed E-state index contributed by atoms with van der Waals surface area (Å²) in [4.78, 5) is 73.0. The Morgan fingerprint density at radius 1 is 0.846 bits per heavy atom. The fourth-order valence-corrected chi connectivity index (χ4v) is 6.97. The number of carbonyl (C=O) groups excluding carboxylic acids is 5. The molecular formula is C25H25N5O5S4. The molecule has 10 nitrogen and oxygen atoms in total. The second kappa shape index (κ2) is 12.7. The van der Waals surface area contributed by atoms with E-state index in [4.69, 9.17) is 24.4 Å². The number of rotatable bonds is 6. The fourth-order valence-electron chi connectivity index (χ4n) is 4.12. The molecule has 4 amide bonds. The maximum absolute atomic E-state index is 13.6. The smallest absolute Gasteiger partial charge is 0.249 e. The fraction of sp³-hybridized carbons (Fsp3) is 0.360. The monoisotopic (exact) mass is 603 g/mol.